The van der Waals surface area contributed by atoms with Crippen molar-refractivity contribution in [2.75, 3.05) is 11.2 Å². The summed E-state index contributed by atoms with van der Waals surface area (Å²) in [6.07, 6.45) is 1.46. The zero-order chi connectivity index (χ0) is 19.7. The molecule has 3 N–H and O–H groups in total. The fraction of sp³-hybridized carbons (Fsp3) is 0.312. The number of nitrogens with two attached hydrogens (primary N) is 1. The van der Waals surface area contributed by atoms with E-state index < -0.39 is 5.91 Å². The van der Waals surface area contributed by atoms with Crippen molar-refractivity contribution in [2.24, 2.45) is 5.73 Å². The summed E-state index contributed by atoms with van der Waals surface area (Å²) in [5, 5.41) is 0.527. The molecule has 11 heteroatoms. The summed E-state index contributed by atoms with van der Waals surface area (Å²) in [5.74, 6) is -0.691. The standard InChI is InChI=1S/C16H17N5O3S3/c1-7-9(3)26-14-13(7)15(24)21(6-18-14)20-12(23)5-25-16-19-8(2)10(27-16)4-11(17)22/h6H,4-5H2,1-3H3,(H2,17,22)(H,20,23). The number of fused-ring (bicyclic) bond motifs is 1. The maximum absolute atomic E-state index is 12.6. The molecule has 0 aromatic carbocycles. The zero-order valence-corrected chi connectivity index (χ0v) is 17.3. The third-order valence-corrected chi connectivity index (χ3v) is 7.29. The number of amides is 2. The highest BCUT2D eigenvalue weighted by atomic mass is 32.2. The Labute approximate surface area is 166 Å². The van der Waals surface area contributed by atoms with Crippen molar-refractivity contribution in [3.8, 4) is 0 Å². The van der Waals surface area contributed by atoms with Crippen LogP contribution >= 0.6 is 34.4 Å². The fourth-order valence-corrected chi connectivity index (χ4v) is 5.42. The largest absolute Gasteiger partial charge is 0.369 e. The second-order valence-corrected chi connectivity index (χ2v) is 9.35. The number of hydrogen-bond donors (Lipinski definition) is 2. The Morgan fingerprint density at radius 3 is 2.74 bits per heavy atom. The molecule has 0 spiro atoms. The number of carbonyl (C=O) groups excluding carboxylic acids is 2. The van der Waals surface area contributed by atoms with Crippen molar-refractivity contribution in [3.63, 3.8) is 0 Å². The lowest BCUT2D eigenvalue weighted by Gasteiger charge is -2.07. The third kappa shape index (κ3) is 4.20. The first-order chi connectivity index (χ1) is 12.8. The van der Waals surface area contributed by atoms with Crippen molar-refractivity contribution in [3.05, 3.63) is 37.7 Å². The molecule has 0 aliphatic carbocycles. The summed E-state index contributed by atoms with van der Waals surface area (Å²) >= 11 is 4.03. The van der Waals surface area contributed by atoms with Crippen LogP contribution in [0.3, 0.4) is 0 Å². The molecule has 0 aliphatic rings. The Kier molecular flexibility index (Phi) is 5.63. The molecule has 0 saturated carbocycles. The average Bonchev–Trinajstić information content (AvgIpc) is 3.08. The Balaban J connectivity index is 1.69. The number of thioether (sulfide) groups is 1. The Morgan fingerprint density at radius 2 is 2.04 bits per heavy atom. The van der Waals surface area contributed by atoms with E-state index in [4.69, 9.17) is 5.73 Å². The van der Waals surface area contributed by atoms with Gasteiger partial charge in [-0.05, 0) is 26.3 Å². The molecule has 8 nitrogen and oxygen atoms in total. The maximum atomic E-state index is 12.6. The van der Waals surface area contributed by atoms with Gasteiger partial charge in [0.2, 0.25) is 11.8 Å². The van der Waals surface area contributed by atoms with E-state index in [0.717, 1.165) is 25.7 Å². The minimum atomic E-state index is -0.419. The van der Waals surface area contributed by atoms with Crippen LogP contribution in [0.25, 0.3) is 10.2 Å². The lowest BCUT2D eigenvalue weighted by molar-refractivity contribution is -0.117. The smallest absolute Gasteiger partial charge is 0.281 e. The number of rotatable bonds is 6. The molecule has 142 valence electrons. The van der Waals surface area contributed by atoms with Crippen LogP contribution in [0.5, 0.6) is 0 Å². The summed E-state index contributed by atoms with van der Waals surface area (Å²) in [4.78, 5) is 46.9. The van der Waals surface area contributed by atoms with Crippen LogP contribution in [0.4, 0.5) is 0 Å². The van der Waals surface area contributed by atoms with E-state index >= 15 is 0 Å². The van der Waals surface area contributed by atoms with Crippen molar-refractivity contribution in [1.29, 1.82) is 0 Å². The number of nitrogens with zero attached hydrogens (tertiary/aromatic N) is 3. The molecule has 3 aromatic heterocycles. The first-order valence-electron chi connectivity index (χ1n) is 7.91. The van der Waals surface area contributed by atoms with Gasteiger partial charge in [0.15, 0.2) is 4.34 Å². The monoisotopic (exact) mass is 423 g/mol. The number of aromatic nitrogens is 3. The quantitative estimate of drug-likeness (QED) is 0.583. The van der Waals surface area contributed by atoms with Crippen LogP contribution in [-0.2, 0) is 16.0 Å². The van der Waals surface area contributed by atoms with Crippen molar-refractivity contribution < 1.29 is 9.59 Å². The third-order valence-electron chi connectivity index (χ3n) is 3.87. The molecule has 0 unspecified atom stereocenters. The van der Waals surface area contributed by atoms with Crippen molar-refractivity contribution in [2.45, 2.75) is 31.5 Å². The number of carbonyl (C=O) groups is 2. The Bertz CT molecular complexity index is 1100. The molecule has 0 bridgehead atoms. The van der Waals surface area contributed by atoms with E-state index in [-0.39, 0.29) is 23.6 Å². The first kappa shape index (κ1) is 19.5. The van der Waals surface area contributed by atoms with Crippen LogP contribution in [0.15, 0.2) is 15.5 Å². The van der Waals surface area contributed by atoms with Gasteiger partial charge in [-0.3, -0.25) is 19.8 Å². The van der Waals surface area contributed by atoms with Gasteiger partial charge in [-0.25, -0.2) is 14.6 Å². The number of hydrogen-bond acceptors (Lipinski definition) is 8. The molecule has 3 aromatic rings. The van der Waals surface area contributed by atoms with Crippen molar-refractivity contribution >= 4 is 56.5 Å². The van der Waals surface area contributed by atoms with Gasteiger partial charge in [0, 0.05) is 9.75 Å². The lowest BCUT2D eigenvalue weighted by atomic mass is 10.2. The van der Waals surface area contributed by atoms with Gasteiger partial charge >= 0.3 is 0 Å². The molecule has 27 heavy (non-hydrogen) atoms. The highest BCUT2D eigenvalue weighted by molar-refractivity contribution is 8.01. The van der Waals surface area contributed by atoms with Crippen LogP contribution in [-0.4, -0.2) is 32.2 Å². The van der Waals surface area contributed by atoms with E-state index in [1.807, 2.05) is 13.8 Å². The molecule has 3 rings (SSSR count). The molecule has 0 atom stereocenters. The summed E-state index contributed by atoms with van der Waals surface area (Å²) in [6.45, 7) is 5.60. The summed E-state index contributed by atoms with van der Waals surface area (Å²) in [5.41, 5.74) is 9.08. The first-order valence-corrected chi connectivity index (χ1v) is 10.5. The minimum Gasteiger partial charge on any atom is -0.369 e. The topological polar surface area (TPSA) is 120 Å². The second-order valence-electron chi connectivity index (χ2n) is 5.84. The van der Waals surface area contributed by atoms with E-state index in [9.17, 15) is 14.4 Å². The summed E-state index contributed by atoms with van der Waals surface area (Å²) in [7, 11) is 0. The van der Waals surface area contributed by atoms with Gasteiger partial charge in [0.25, 0.3) is 5.56 Å². The highest BCUT2D eigenvalue weighted by Crippen LogP contribution is 2.27. The average molecular weight is 424 g/mol. The Hall–Kier alpha value is -2.24. The van der Waals surface area contributed by atoms with E-state index in [0.29, 0.717) is 14.6 Å². The number of primary amides is 1. The van der Waals surface area contributed by atoms with Gasteiger partial charge in [-0.2, -0.15) is 0 Å². The molecule has 0 radical (unpaired) electrons. The van der Waals surface area contributed by atoms with Gasteiger partial charge in [-0.1, -0.05) is 11.8 Å². The predicted octanol–water partition coefficient (Wildman–Crippen LogP) is 1.73. The summed E-state index contributed by atoms with van der Waals surface area (Å²) < 4.78 is 1.78. The van der Waals surface area contributed by atoms with Crippen LogP contribution in [0.2, 0.25) is 0 Å². The van der Waals surface area contributed by atoms with Gasteiger partial charge in [0.1, 0.15) is 11.2 Å². The van der Waals surface area contributed by atoms with E-state index in [2.05, 4.69) is 15.4 Å². The summed E-state index contributed by atoms with van der Waals surface area (Å²) in [6, 6.07) is 0. The Morgan fingerprint density at radius 1 is 1.30 bits per heavy atom. The van der Waals surface area contributed by atoms with Crippen LogP contribution < -0.4 is 16.7 Å². The van der Waals surface area contributed by atoms with E-state index in [1.54, 1.807) is 6.92 Å². The SMILES string of the molecule is Cc1nc(SCC(=O)Nn2cnc3sc(C)c(C)c3c2=O)sc1CC(N)=O. The highest BCUT2D eigenvalue weighted by Gasteiger charge is 2.15. The number of thiophene rings is 1. The maximum Gasteiger partial charge on any atom is 0.281 e. The zero-order valence-electron chi connectivity index (χ0n) is 14.9. The number of thiazole rings is 1. The number of nitrogens with one attached hydrogen (secondary N) is 1. The molecule has 0 saturated heterocycles. The van der Waals surface area contributed by atoms with Crippen LogP contribution in [0.1, 0.15) is 21.0 Å². The van der Waals surface area contributed by atoms with Crippen LogP contribution in [0, 0.1) is 20.8 Å². The molecular weight excluding hydrogens is 406 g/mol. The molecule has 2 amide bonds. The van der Waals surface area contributed by atoms with Gasteiger partial charge in [0.05, 0.1) is 23.3 Å². The fourth-order valence-electron chi connectivity index (χ4n) is 2.39. The lowest BCUT2D eigenvalue weighted by Crippen LogP contribution is -2.34. The molecular formula is C16H17N5O3S3. The van der Waals surface area contributed by atoms with Gasteiger partial charge < -0.3 is 5.73 Å². The van der Waals surface area contributed by atoms with E-state index in [1.165, 1.54) is 40.8 Å². The predicted molar refractivity (Wildman–Crippen MR) is 108 cm³/mol. The second kappa shape index (κ2) is 7.79. The molecule has 3 heterocycles. The normalized spacial score (nSPS) is 11.1. The molecule has 0 aliphatic heterocycles. The molecule has 0 fully saturated rings. The van der Waals surface area contributed by atoms with Gasteiger partial charge in [-0.15, -0.1) is 22.7 Å². The minimum absolute atomic E-state index is 0.0785. The number of aryl methyl sites for hydroxylation is 3. The van der Waals surface area contributed by atoms with Crippen molar-refractivity contribution in [1.82, 2.24) is 14.6 Å².